The van der Waals surface area contributed by atoms with Crippen LogP contribution in [-0.4, -0.2) is 59.9 Å². The van der Waals surface area contributed by atoms with E-state index in [-0.39, 0.29) is 24.0 Å². The molecule has 0 saturated heterocycles. The van der Waals surface area contributed by atoms with Gasteiger partial charge in [0.15, 0.2) is 6.61 Å². The molecule has 2 amide bonds. The summed E-state index contributed by atoms with van der Waals surface area (Å²) < 4.78 is 5.58. The van der Waals surface area contributed by atoms with Crippen molar-refractivity contribution in [1.82, 2.24) is 9.80 Å². The molecule has 0 aromatic heterocycles. The van der Waals surface area contributed by atoms with Crippen LogP contribution in [0.3, 0.4) is 0 Å². The molecule has 0 atom stereocenters. The van der Waals surface area contributed by atoms with E-state index in [9.17, 15) is 19.5 Å². The standard InChI is InChI=1S/C21H22N2O5/c1-22(2)19(24)13-28-18-6-4-3-5-17(18)20(25)23-10-9-14-7-8-15(21(26)27)11-16(14)12-23/h3-8,11H,9-10,12-13H2,1-2H3,(H,26,27). The van der Waals surface area contributed by atoms with Gasteiger partial charge in [0.25, 0.3) is 11.8 Å². The van der Waals surface area contributed by atoms with Crippen LogP contribution in [0.2, 0.25) is 0 Å². The normalized spacial score (nSPS) is 12.9. The Morgan fingerprint density at radius 3 is 2.57 bits per heavy atom. The summed E-state index contributed by atoms with van der Waals surface area (Å²) in [6.07, 6.45) is 0.656. The Labute approximate surface area is 163 Å². The Balaban J connectivity index is 1.79. The van der Waals surface area contributed by atoms with Crippen molar-refractivity contribution in [1.29, 1.82) is 0 Å². The lowest BCUT2D eigenvalue weighted by molar-refractivity contribution is -0.130. The van der Waals surface area contributed by atoms with Gasteiger partial charge in [-0.1, -0.05) is 18.2 Å². The fraction of sp³-hybridized carbons (Fsp3) is 0.286. The monoisotopic (exact) mass is 382 g/mol. The minimum Gasteiger partial charge on any atom is -0.483 e. The fourth-order valence-electron chi connectivity index (χ4n) is 3.07. The van der Waals surface area contributed by atoms with Crippen LogP contribution >= 0.6 is 0 Å². The summed E-state index contributed by atoms with van der Waals surface area (Å²) in [4.78, 5) is 39.2. The zero-order valence-corrected chi connectivity index (χ0v) is 15.8. The predicted octanol–water partition coefficient (Wildman–Crippen LogP) is 2.05. The Kier molecular flexibility index (Phi) is 5.63. The summed E-state index contributed by atoms with van der Waals surface area (Å²) in [5, 5.41) is 9.19. The number of hydrogen-bond acceptors (Lipinski definition) is 4. The lowest BCUT2D eigenvalue weighted by Gasteiger charge is -2.29. The molecule has 146 valence electrons. The Bertz CT molecular complexity index is 923. The molecule has 0 spiro atoms. The van der Waals surface area contributed by atoms with Gasteiger partial charge < -0.3 is 19.6 Å². The molecular weight excluding hydrogens is 360 g/mol. The number of carboxylic acids is 1. The van der Waals surface area contributed by atoms with Crippen molar-refractivity contribution >= 4 is 17.8 Å². The van der Waals surface area contributed by atoms with E-state index in [1.807, 2.05) is 6.07 Å². The highest BCUT2D eigenvalue weighted by Crippen LogP contribution is 2.25. The van der Waals surface area contributed by atoms with Gasteiger partial charge in [-0.05, 0) is 41.8 Å². The molecule has 0 radical (unpaired) electrons. The molecule has 2 aromatic carbocycles. The van der Waals surface area contributed by atoms with E-state index in [2.05, 4.69) is 0 Å². The Hall–Kier alpha value is -3.35. The molecule has 0 bridgehead atoms. The van der Waals surface area contributed by atoms with Crippen molar-refractivity contribution in [2.24, 2.45) is 0 Å². The minimum atomic E-state index is -0.990. The average molecular weight is 382 g/mol. The van der Waals surface area contributed by atoms with Crippen molar-refractivity contribution in [3.8, 4) is 5.75 Å². The lowest BCUT2D eigenvalue weighted by atomic mass is 9.97. The number of hydrogen-bond donors (Lipinski definition) is 1. The van der Waals surface area contributed by atoms with E-state index in [4.69, 9.17) is 4.74 Å². The molecule has 1 heterocycles. The molecular formula is C21H22N2O5. The fourth-order valence-corrected chi connectivity index (χ4v) is 3.07. The Morgan fingerprint density at radius 1 is 1.11 bits per heavy atom. The quantitative estimate of drug-likeness (QED) is 0.855. The third-order valence-electron chi connectivity index (χ3n) is 4.72. The number of carbonyl (C=O) groups is 3. The second-order valence-electron chi connectivity index (χ2n) is 6.84. The zero-order chi connectivity index (χ0) is 20.3. The number of para-hydroxylation sites is 1. The third-order valence-corrected chi connectivity index (χ3v) is 4.72. The van der Waals surface area contributed by atoms with E-state index in [1.165, 1.54) is 4.90 Å². The van der Waals surface area contributed by atoms with Crippen molar-refractivity contribution in [2.75, 3.05) is 27.2 Å². The number of carbonyl (C=O) groups excluding carboxylic acids is 2. The highest BCUT2D eigenvalue weighted by Gasteiger charge is 2.25. The maximum atomic E-state index is 13.1. The van der Waals surface area contributed by atoms with Crippen LogP contribution in [0.1, 0.15) is 31.8 Å². The third kappa shape index (κ3) is 4.14. The second-order valence-corrected chi connectivity index (χ2v) is 6.84. The number of carboxylic acid groups (broad SMARTS) is 1. The molecule has 2 aromatic rings. The number of nitrogens with zero attached hydrogens (tertiary/aromatic N) is 2. The predicted molar refractivity (Wildman–Crippen MR) is 102 cm³/mol. The first-order valence-electron chi connectivity index (χ1n) is 8.93. The summed E-state index contributed by atoms with van der Waals surface area (Å²) in [7, 11) is 3.28. The molecule has 0 fully saturated rings. The topological polar surface area (TPSA) is 87.2 Å². The van der Waals surface area contributed by atoms with Crippen molar-refractivity contribution in [2.45, 2.75) is 13.0 Å². The number of rotatable bonds is 5. The molecule has 1 N–H and O–H groups in total. The maximum Gasteiger partial charge on any atom is 0.335 e. The molecule has 3 rings (SSSR count). The second kappa shape index (κ2) is 8.12. The largest absolute Gasteiger partial charge is 0.483 e. The summed E-state index contributed by atoms with van der Waals surface area (Å²) in [5.74, 6) is -1.04. The highest BCUT2D eigenvalue weighted by atomic mass is 16.5. The molecule has 1 aliphatic rings. The minimum absolute atomic E-state index is 0.151. The SMILES string of the molecule is CN(C)C(=O)COc1ccccc1C(=O)N1CCc2ccc(C(=O)O)cc2C1. The van der Waals surface area contributed by atoms with E-state index in [0.717, 1.165) is 11.1 Å². The van der Waals surface area contributed by atoms with Gasteiger partial charge in [0.1, 0.15) is 5.75 Å². The van der Waals surface area contributed by atoms with E-state index < -0.39 is 5.97 Å². The first kappa shape index (κ1) is 19.4. The molecule has 7 nitrogen and oxygen atoms in total. The van der Waals surface area contributed by atoms with Gasteiger partial charge in [-0.25, -0.2) is 4.79 Å². The van der Waals surface area contributed by atoms with E-state index in [1.54, 1.807) is 55.4 Å². The van der Waals surface area contributed by atoms with Gasteiger partial charge in [-0.2, -0.15) is 0 Å². The molecule has 28 heavy (non-hydrogen) atoms. The number of benzene rings is 2. The van der Waals surface area contributed by atoms with Crippen LogP contribution in [0.25, 0.3) is 0 Å². The summed E-state index contributed by atoms with van der Waals surface area (Å²) in [5.41, 5.74) is 2.47. The van der Waals surface area contributed by atoms with Crippen molar-refractivity contribution in [3.63, 3.8) is 0 Å². The van der Waals surface area contributed by atoms with Crippen molar-refractivity contribution < 1.29 is 24.2 Å². The number of likely N-dealkylation sites (N-methyl/N-ethyl adjacent to an activating group) is 1. The molecule has 0 saturated carbocycles. The van der Waals surface area contributed by atoms with Crippen molar-refractivity contribution in [3.05, 3.63) is 64.7 Å². The number of fused-ring (bicyclic) bond motifs is 1. The zero-order valence-electron chi connectivity index (χ0n) is 15.8. The number of aromatic carboxylic acids is 1. The van der Waals surface area contributed by atoms with Crippen LogP contribution < -0.4 is 4.74 Å². The van der Waals surface area contributed by atoms with Gasteiger partial charge in [0, 0.05) is 27.2 Å². The lowest BCUT2D eigenvalue weighted by Crippen LogP contribution is -2.36. The number of ether oxygens (including phenoxy) is 1. The first-order chi connectivity index (χ1) is 13.4. The molecule has 7 heteroatoms. The van der Waals surface area contributed by atoms with Crippen LogP contribution in [0, 0.1) is 0 Å². The van der Waals surface area contributed by atoms with Gasteiger partial charge in [-0.3, -0.25) is 9.59 Å². The summed E-state index contributed by atoms with van der Waals surface area (Å²) >= 11 is 0. The van der Waals surface area contributed by atoms with Gasteiger partial charge >= 0.3 is 5.97 Å². The van der Waals surface area contributed by atoms with Crippen LogP contribution in [-0.2, 0) is 17.8 Å². The van der Waals surface area contributed by atoms with E-state index in [0.29, 0.717) is 30.8 Å². The van der Waals surface area contributed by atoms with Crippen LogP contribution in [0.5, 0.6) is 5.75 Å². The van der Waals surface area contributed by atoms with Gasteiger partial charge in [0.2, 0.25) is 0 Å². The first-order valence-corrected chi connectivity index (χ1v) is 8.93. The molecule has 0 unspecified atom stereocenters. The maximum absolute atomic E-state index is 13.1. The van der Waals surface area contributed by atoms with E-state index >= 15 is 0 Å². The average Bonchev–Trinajstić information content (AvgIpc) is 2.70. The number of amides is 2. The highest BCUT2D eigenvalue weighted by molar-refractivity contribution is 5.97. The van der Waals surface area contributed by atoms with Gasteiger partial charge in [-0.15, -0.1) is 0 Å². The summed E-state index contributed by atoms with van der Waals surface area (Å²) in [6.45, 7) is 0.714. The summed E-state index contributed by atoms with van der Waals surface area (Å²) in [6, 6.07) is 11.8. The van der Waals surface area contributed by atoms with Gasteiger partial charge in [0.05, 0.1) is 11.1 Å². The molecule has 0 aliphatic carbocycles. The molecule has 1 aliphatic heterocycles. The smallest absolute Gasteiger partial charge is 0.335 e. The van der Waals surface area contributed by atoms with Crippen LogP contribution in [0.15, 0.2) is 42.5 Å². The van der Waals surface area contributed by atoms with Crippen LogP contribution in [0.4, 0.5) is 0 Å². The Morgan fingerprint density at radius 2 is 1.86 bits per heavy atom.